The standard InChI is InChI=1S/C7H9N3O3/c11-2-1-6-8-3-5(4-9-6)10-7(12)13/h3-4,10-11H,1-2H2,(H,12,13). The van der Waals surface area contributed by atoms with Gasteiger partial charge in [0.1, 0.15) is 5.82 Å². The van der Waals surface area contributed by atoms with Gasteiger partial charge in [-0.3, -0.25) is 5.32 Å². The highest BCUT2D eigenvalue weighted by Gasteiger charge is 1.99. The third kappa shape index (κ3) is 3.04. The molecule has 0 radical (unpaired) electrons. The molecule has 0 unspecified atom stereocenters. The molecular weight excluding hydrogens is 174 g/mol. The summed E-state index contributed by atoms with van der Waals surface area (Å²) in [5.41, 5.74) is 0.314. The number of nitrogens with one attached hydrogen (secondary N) is 1. The van der Waals surface area contributed by atoms with Crippen LogP contribution < -0.4 is 5.32 Å². The number of hydrogen-bond donors (Lipinski definition) is 3. The van der Waals surface area contributed by atoms with Crippen LogP contribution in [0.2, 0.25) is 0 Å². The van der Waals surface area contributed by atoms with E-state index in [0.29, 0.717) is 17.9 Å². The van der Waals surface area contributed by atoms with E-state index >= 15 is 0 Å². The van der Waals surface area contributed by atoms with E-state index in [1.807, 2.05) is 0 Å². The van der Waals surface area contributed by atoms with Crippen molar-refractivity contribution in [3.63, 3.8) is 0 Å². The van der Waals surface area contributed by atoms with E-state index in [4.69, 9.17) is 10.2 Å². The highest BCUT2D eigenvalue weighted by Crippen LogP contribution is 2.02. The van der Waals surface area contributed by atoms with Crippen molar-refractivity contribution < 1.29 is 15.0 Å². The Balaban J connectivity index is 2.64. The lowest BCUT2D eigenvalue weighted by atomic mass is 10.4. The number of hydrogen-bond acceptors (Lipinski definition) is 4. The highest BCUT2D eigenvalue weighted by molar-refractivity contribution is 5.82. The second-order valence-electron chi connectivity index (χ2n) is 2.29. The Morgan fingerprint density at radius 3 is 2.54 bits per heavy atom. The summed E-state index contributed by atoms with van der Waals surface area (Å²) in [6.45, 7) is -0.0221. The van der Waals surface area contributed by atoms with E-state index in [1.165, 1.54) is 12.4 Å². The molecule has 0 atom stereocenters. The number of aliphatic hydroxyl groups excluding tert-OH is 1. The van der Waals surface area contributed by atoms with Crippen LogP contribution in [0.25, 0.3) is 0 Å². The lowest BCUT2D eigenvalue weighted by Gasteiger charge is -2.00. The van der Waals surface area contributed by atoms with Gasteiger partial charge < -0.3 is 10.2 Å². The fourth-order valence-electron chi connectivity index (χ4n) is 0.772. The van der Waals surface area contributed by atoms with Gasteiger partial charge in [0.15, 0.2) is 0 Å². The molecule has 0 spiro atoms. The second-order valence-corrected chi connectivity index (χ2v) is 2.29. The number of amides is 1. The molecule has 0 fully saturated rings. The minimum Gasteiger partial charge on any atom is -0.465 e. The number of carboxylic acid groups (broad SMARTS) is 1. The Labute approximate surface area is 74.3 Å². The first-order chi connectivity index (χ1) is 6.22. The zero-order valence-corrected chi connectivity index (χ0v) is 6.77. The molecule has 1 aromatic rings. The predicted molar refractivity (Wildman–Crippen MR) is 44.5 cm³/mol. The van der Waals surface area contributed by atoms with Crippen LogP contribution in [0.5, 0.6) is 0 Å². The van der Waals surface area contributed by atoms with E-state index < -0.39 is 6.09 Å². The van der Waals surface area contributed by atoms with Crippen molar-refractivity contribution in [3.05, 3.63) is 18.2 Å². The molecule has 0 aliphatic heterocycles. The number of aromatic nitrogens is 2. The normalized spacial score (nSPS) is 9.62. The van der Waals surface area contributed by atoms with Crippen molar-refractivity contribution in [1.82, 2.24) is 9.97 Å². The third-order valence-corrected chi connectivity index (χ3v) is 1.29. The maximum absolute atomic E-state index is 10.2. The molecule has 0 aliphatic carbocycles. The molecule has 3 N–H and O–H groups in total. The molecule has 1 heterocycles. The van der Waals surface area contributed by atoms with E-state index in [-0.39, 0.29) is 6.61 Å². The Morgan fingerprint density at radius 2 is 2.08 bits per heavy atom. The molecule has 6 nitrogen and oxygen atoms in total. The van der Waals surface area contributed by atoms with E-state index in [1.54, 1.807) is 0 Å². The van der Waals surface area contributed by atoms with E-state index in [9.17, 15) is 4.79 Å². The minimum atomic E-state index is -1.15. The molecule has 0 aromatic carbocycles. The van der Waals surface area contributed by atoms with Crippen LogP contribution in [0.3, 0.4) is 0 Å². The number of rotatable bonds is 3. The van der Waals surface area contributed by atoms with Gasteiger partial charge in [0.05, 0.1) is 24.7 Å². The zero-order valence-electron chi connectivity index (χ0n) is 6.77. The van der Waals surface area contributed by atoms with Gasteiger partial charge >= 0.3 is 6.09 Å². The van der Waals surface area contributed by atoms with Gasteiger partial charge in [0.2, 0.25) is 0 Å². The van der Waals surface area contributed by atoms with Crippen LogP contribution in [-0.4, -0.2) is 32.9 Å². The lowest BCUT2D eigenvalue weighted by Crippen LogP contribution is -2.08. The maximum Gasteiger partial charge on any atom is 0.409 e. The van der Waals surface area contributed by atoms with Crippen molar-refractivity contribution in [1.29, 1.82) is 0 Å². The van der Waals surface area contributed by atoms with Gasteiger partial charge in [-0.1, -0.05) is 0 Å². The molecule has 6 heteroatoms. The molecule has 0 bridgehead atoms. The first-order valence-corrected chi connectivity index (χ1v) is 3.64. The summed E-state index contributed by atoms with van der Waals surface area (Å²) in [5.74, 6) is 0.485. The summed E-state index contributed by atoms with van der Waals surface area (Å²) in [7, 11) is 0. The van der Waals surface area contributed by atoms with E-state index in [2.05, 4.69) is 15.3 Å². The SMILES string of the molecule is O=C(O)Nc1cnc(CCO)nc1. The van der Waals surface area contributed by atoms with E-state index in [0.717, 1.165) is 0 Å². The third-order valence-electron chi connectivity index (χ3n) is 1.29. The van der Waals surface area contributed by atoms with Crippen molar-refractivity contribution in [2.75, 3.05) is 11.9 Å². The van der Waals surface area contributed by atoms with Crippen molar-refractivity contribution in [2.45, 2.75) is 6.42 Å². The second kappa shape index (κ2) is 4.36. The molecule has 1 rings (SSSR count). The number of nitrogens with zero attached hydrogens (tertiary/aromatic N) is 2. The summed E-state index contributed by atoms with van der Waals surface area (Å²) in [6.07, 6.45) is 1.92. The summed E-state index contributed by atoms with van der Waals surface area (Å²) in [5, 5.41) is 19.0. The van der Waals surface area contributed by atoms with Crippen LogP contribution in [0.1, 0.15) is 5.82 Å². The average molecular weight is 183 g/mol. The molecule has 70 valence electrons. The molecule has 1 amide bonds. The van der Waals surface area contributed by atoms with Gasteiger partial charge in [-0.2, -0.15) is 0 Å². The van der Waals surface area contributed by atoms with Crippen LogP contribution in [0.4, 0.5) is 10.5 Å². The number of carbonyl (C=O) groups is 1. The monoisotopic (exact) mass is 183 g/mol. The molecule has 13 heavy (non-hydrogen) atoms. The Bertz CT molecular complexity index is 286. The maximum atomic E-state index is 10.2. The summed E-state index contributed by atoms with van der Waals surface area (Å²) in [6, 6.07) is 0. The Kier molecular flexibility index (Phi) is 3.15. The Morgan fingerprint density at radius 1 is 1.46 bits per heavy atom. The highest BCUT2D eigenvalue weighted by atomic mass is 16.4. The van der Waals surface area contributed by atoms with Crippen molar-refractivity contribution in [2.24, 2.45) is 0 Å². The average Bonchev–Trinajstić information content (AvgIpc) is 2.08. The largest absolute Gasteiger partial charge is 0.465 e. The van der Waals surface area contributed by atoms with Gasteiger partial charge in [0, 0.05) is 6.42 Å². The van der Waals surface area contributed by atoms with Gasteiger partial charge in [-0.15, -0.1) is 0 Å². The van der Waals surface area contributed by atoms with Gasteiger partial charge in [0.25, 0.3) is 0 Å². The molecule has 1 aromatic heterocycles. The van der Waals surface area contributed by atoms with Crippen LogP contribution in [0, 0.1) is 0 Å². The number of aliphatic hydroxyl groups is 1. The molecule has 0 saturated heterocycles. The molecule has 0 saturated carbocycles. The zero-order chi connectivity index (χ0) is 9.68. The van der Waals surface area contributed by atoms with Crippen molar-refractivity contribution >= 4 is 11.8 Å². The first kappa shape index (κ1) is 9.40. The van der Waals surface area contributed by atoms with Crippen LogP contribution >= 0.6 is 0 Å². The fourth-order valence-corrected chi connectivity index (χ4v) is 0.772. The molecular formula is C7H9N3O3. The lowest BCUT2D eigenvalue weighted by molar-refractivity contribution is 0.209. The smallest absolute Gasteiger partial charge is 0.409 e. The fraction of sp³-hybridized carbons (Fsp3) is 0.286. The summed E-state index contributed by atoms with van der Waals surface area (Å²) in [4.78, 5) is 17.8. The van der Waals surface area contributed by atoms with Crippen LogP contribution in [0.15, 0.2) is 12.4 Å². The predicted octanol–water partition coefficient (Wildman–Crippen LogP) is 0.101. The molecule has 0 aliphatic rings. The quantitative estimate of drug-likeness (QED) is 0.617. The summed E-state index contributed by atoms with van der Waals surface area (Å²) < 4.78 is 0. The van der Waals surface area contributed by atoms with Crippen LogP contribution in [-0.2, 0) is 6.42 Å². The Hall–Kier alpha value is -1.69. The van der Waals surface area contributed by atoms with Gasteiger partial charge in [-0.25, -0.2) is 14.8 Å². The first-order valence-electron chi connectivity index (χ1n) is 3.64. The topological polar surface area (TPSA) is 95.3 Å². The minimum absolute atomic E-state index is 0.0221. The number of anilines is 1. The van der Waals surface area contributed by atoms with Gasteiger partial charge in [-0.05, 0) is 0 Å². The summed E-state index contributed by atoms with van der Waals surface area (Å²) >= 11 is 0. The van der Waals surface area contributed by atoms with Crippen molar-refractivity contribution in [3.8, 4) is 0 Å².